The van der Waals surface area contributed by atoms with Gasteiger partial charge in [0.05, 0.1) is 18.4 Å². The maximum absolute atomic E-state index is 11.1. The summed E-state index contributed by atoms with van der Waals surface area (Å²) < 4.78 is 26.6. The predicted octanol–water partition coefficient (Wildman–Crippen LogP) is 1.34. The van der Waals surface area contributed by atoms with Gasteiger partial charge >= 0.3 is 0 Å². The number of nitroso groups, excluding NO2 is 1. The van der Waals surface area contributed by atoms with Gasteiger partial charge in [0.15, 0.2) is 0 Å². The summed E-state index contributed by atoms with van der Waals surface area (Å²) in [6.07, 6.45) is 0.950. The van der Waals surface area contributed by atoms with Crippen LogP contribution < -0.4 is 0 Å². The number of rotatable bonds is 4. The maximum Gasteiger partial charge on any atom is 0.264 e. The summed E-state index contributed by atoms with van der Waals surface area (Å²) in [5, 5.41) is 0. The molecule has 0 aromatic heterocycles. The number of benzene rings is 1. The molecule has 16 heavy (non-hydrogen) atoms. The summed E-state index contributed by atoms with van der Waals surface area (Å²) in [5.74, 6) is 0. The maximum atomic E-state index is 11.1. The Morgan fingerprint density at radius 3 is 2.56 bits per heavy atom. The molecular formula is C9H11NO4S2. The van der Waals surface area contributed by atoms with Gasteiger partial charge in [-0.2, -0.15) is 8.42 Å². The molecule has 0 aliphatic heterocycles. The fraction of sp³-hybridized carbons (Fsp3) is 0.333. The third-order valence-corrected chi connectivity index (χ3v) is 2.66. The van der Waals surface area contributed by atoms with Crippen LogP contribution in [0.1, 0.15) is 11.1 Å². The van der Waals surface area contributed by atoms with Gasteiger partial charge in [-0.15, -0.1) is 0 Å². The monoisotopic (exact) mass is 261 g/mol. The SMILES string of the molecule is Cc1cccc(COS(C)(=O)=O)c1[N+](=O)[S-]. The van der Waals surface area contributed by atoms with Crippen molar-refractivity contribution in [3.63, 3.8) is 0 Å². The lowest BCUT2D eigenvalue weighted by Crippen LogP contribution is -2.05. The number of hydrogen-bond acceptors (Lipinski definition) is 5. The van der Waals surface area contributed by atoms with Crippen LogP contribution in [0.2, 0.25) is 0 Å². The van der Waals surface area contributed by atoms with E-state index in [2.05, 4.69) is 17.0 Å². The Hall–Kier alpha value is -1.05. The van der Waals surface area contributed by atoms with Crippen LogP contribution in [0.15, 0.2) is 18.2 Å². The van der Waals surface area contributed by atoms with Crippen molar-refractivity contribution in [3.8, 4) is 0 Å². The zero-order chi connectivity index (χ0) is 12.3. The first-order valence-corrected chi connectivity index (χ1v) is 6.56. The van der Waals surface area contributed by atoms with Crippen LogP contribution in [-0.4, -0.2) is 18.8 Å². The molecule has 88 valence electrons. The van der Waals surface area contributed by atoms with E-state index in [1.165, 1.54) is 0 Å². The van der Waals surface area contributed by atoms with Crippen LogP contribution in [0.25, 0.3) is 0 Å². The van der Waals surface area contributed by atoms with Gasteiger partial charge in [-0.05, 0) is 13.0 Å². The van der Waals surface area contributed by atoms with Crippen molar-refractivity contribution in [2.45, 2.75) is 13.5 Å². The summed E-state index contributed by atoms with van der Waals surface area (Å²) >= 11 is 4.50. The normalized spacial score (nSPS) is 11.4. The average molecular weight is 261 g/mol. The summed E-state index contributed by atoms with van der Waals surface area (Å²) in [4.78, 5) is 11.1. The smallest absolute Gasteiger partial charge is 0.264 e. The first-order valence-electron chi connectivity index (χ1n) is 4.38. The molecule has 0 unspecified atom stereocenters. The van der Waals surface area contributed by atoms with Crippen molar-refractivity contribution in [2.24, 2.45) is 0 Å². The lowest BCUT2D eigenvalue weighted by atomic mass is 10.1. The Labute approximate surface area is 99.7 Å². The predicted molar refractivity (Wildman–Crippen MR) is 61.5 cm³/mol. The summed E-state index contributed by atoms with van der Waals surface area (Å²) in [6.45, 7) is 1.53. The van der Waals surface area contributed by atoms with Crippen LogP contribution in [0, 0.1) is 11.8 Å². The van der Waals surface area contributed by atoms with Crippen LogP contribution in [0.5, 0.6) is 0 Å². The molecule has 0 radical (unpaired) electrons. The van der Waals surface area contributed by atoms with Crippen molar-refractivity contribution < 1.29 is 16.8 Å². The molecule has 0 spiro atoms. The van der Waals surface area contributed by atoms with Crippen LogP contribution >= 0.6 is 0 Å². The minimum Gasteiger partial charge on any atom is -0.364 e. The zero-order valence-corrected chi connectivity index (χ0v) is 10.5. The molecule has 0 amide bonds. The van der Waals surface area contributed by atoms with E-state index < -0.39 is 10.1 Å². The Balaban J connectivity index is 3.05. The summed E-state index contributed by atoms with van der Waals surface area (Å²) in [5.41, 5.74) is 1.40. The molecule has 5 nitrogen and oxygen atoms in total. The van der Waals surface area contributed by atoms with E-state index in [1.54, 1.807) is 25.1 Å². The number of nitrogens with zero attached hydrogens (tertiary/aromatic N) is 1. The van der Waals surface area contributed by atoms with E-state index in [4.69, 9.17) is 0 Å². The number of hydrogen-bond donors (Lipinski definition) is 0. The van der Waals surface area contributed by atoms with Gasteiger partial charge in [-0.25, -0.2) is 0 Å². The van der Waals surface area contributed by atoms with Gasteiger partial charge in [0.2, 0.25) is 5.69 Å². The average Bonchev–Trinajstić information content (AvgIpc) is 2.12. The molecule has 7 heteroatoms. The Kier molecular flexibility index (Phi) is 3.95. The second-order valence-corrected chi connectivity index (χ2v) is 5.28. The fourth-order valence-corrected chi connectivity index (χ4v) is 1.87. The van der Waals surface area contributed by atoms with E-state index in [0.717, 1.165) is 6.26 Å². The first kappa shape index (κ1) is 13.0. The van der Waals surface area contributed by atoms with Crippen molar-refractivity contribution in [2.75, 3.05) is 6.26 Å². The van der Waals surface area contributed by atoms with Crippen molar-refractivity contribution >= 4 is 28.6 Å². The molecular weight excluding hydrogens is 250 g/mol. The Morgan fingerprint density at radius 1 is 1.44 bits per heavy atom. The molecule has 0 bridgehead atoms. The molecule has 0 saturated carbocycles. The Bertz CT molecular complexity index is 510. The molecule has 0 aliphatic rings. The molecule has 0 N–H and O–H groups in total. The topological polar surface area (TPSA) is 63.5 Å². The molecule has 1 rings (SSSR count). The quantitative estimate of drug-likeness (QED) is 0.465. The fourth-order valence-electron chi connectivity index (χ4n) is 1.27. The summed E-state index contributed by atoms with van der Waals surface area (Å²) in [6, 6.07) is 5.03. The Morgan fingerprint density at radius 2 is 2.06 bits per heavy atom. The van der Waals surface area contributed by atoms with Gasteiger partial charge in [0, 0.05) is 10.5 Å². The van der Waals surface area contributed by atoms with Crippen LogP contribution in [0.4, 0.5) is 5.69 Å². The van der Waals surface area contributed by atoms with E-state index in [-0.39, 0.29) is 16.5 Å². The second-order valence-electron chi connectivity index (χ2n) is 3.31. The van der Waals surface area contributed by atoms with Crippen molar-refractivity contribution in [1.29, 1.82) is 0 Å². The number of para-hydroxylation sites is 1. The molecule has 1 aromatic rings. The lowest BCUT2D eigenvalue weighted by molar-refractivity contribution is -0.264. The minimum atomic E-state index is -3.53. The highest BCUT2D eigenvalue weighted by molar-refractivity contribution is 7.85. The van der Waals surface area contributed by atoms with Crippen molar-refractivity contribution in [1.82, 2.24) is 0 Å². The van der Waals surface area contributed by atoms with E-state index in [1.807, 2.05) is 0 Å². The first-order chi connectivity index (χ1) is 7.31. The van der Waals surface area contributed by atoms with Crippen LogP contribution in [0.3, 0.4) is 0 Å². The van der Waals surface area contributed by atoms with Gasteiger partial charge in [0.25, 0.3) is 10.1 Å². The molecule has 1 aromatic carbocycles. The largest absolute Gasteiger partial charge is 0.364 e. The zero-order valence-electron chi connectivity index (χ0n) is 8.84. The third-order valence-electron chi connectivity index (χ3n) is 1.93. The van der Waals surface area contributed by atoms with Gasteiger partial charge < -0.3 is 12.8 Å². The van der Waals surface area contributed by atoms with E-state index in [9.17, 15) is 13.3 Å². The van der Waals surface area contributed by atoms with E-state index >= 15 is 0 Å². The van der Waals surface area contributed by atoms with Crippen LogP contribution in [-0.2, 0) is 33.7 Å². The standard InChI is InChI=1S/C9H11NO4S2/c1-7-4-3-5-8(9(7)10(11)15)6-14-16(2,12)13/h3-5H,6H2,1-2H3. The molecule has 0 atom stereocenters. The molecule has 0 heterocycles. The number of aryl methyl sites for hydroxylation is 1. The van der Waals surface area contributed by atoms with Gasteiger partial charge in [-0.1, -0.05) is 16.3 Å². The van der Waals surface area contributed by atoms with Gasteiger partial charge in [-0.3, -0.25) is 4.18 Å². The highest BCUT2D eigenvalue weighted by Gasteiger charge is 2.15. The molecule has 0 aliphatic carbocycles. The third kappa shape index (κ3) is 3.51. The highest BCUT2D eigenvalue weighted by atomic mass is 32.2. The minimum absolute atomic E-state index is 0.189. The molecule has 0 fully saturated rings. The van der Waals surface area contributed by atoms with Gasteiger partial charge in [0.1, 0.15) is 0 Å². The second kappa shape index (κ2) is 4.86. The summed E-state index contributed by atoms with van der Waals surface area (Å²) in [7, 11) is -3.53. The van der Waals surface area contributed by atoms with E-state index in [0.29, 0.717) is 11.1 Å². The lowest BCUT2D eigenvalue weighted by Gasteiger charge is -2.06. The molecule has 0 saturated heterocycles. The van der Waals surface area contributed by atoms with Crippen molar-refractivity contribution in [3.05, 3.63) is 34.2 Å². The highest BCUT2D eigenvalue weighted by Crippen LogP contribution is 2.23.